The number of hydrogen-bond acceptors (Lipinski definition) is 4. The first-order valence-electron chi connectivity index (χ1n) is 10.7. The summed E-state index contributed by atoms with van der Waals surface area (Å²) in [4.78, 5) is 23.4. The fraction of sp³-hybridized carbons (Fsp3) is 0.222. The first-order valence-corrected chi connectivity index (χ1v) is 10.7. The topological polar surface area (TPSA) is 55.3 Å². The molecule has 0 fully saturated rings. The first-order chi connectivity index (χ1) is 16.0. The summed E-state index contributed by atoms with van der Waals surface area (Å²) in [5.74, 6) is -0.467. The molecule has 5 nitrogen and oxygen atoms in total. The maximum absolute atomic E-state index is 14.4. The Bertz CT molecular complexity index is 1310. The van der Waals surface area contributed by atoms with Crippen molar-refractivity contribution in [1.29, 1.82) is 0 Å². The molecule has 1 aromatic heterocycles. The Morgan fingerprint density at radius 3 is 2.50 bits per heavy atom. The summed E-state index contributed by atoms with van der Waals surface area (Å²) in [7, 11) is 1.56. The third-order valence-electron chi connectivity index (χ3n) is 4.85. The van der Waals surface area contributed by atoms with Gasteiger partial charge >= 0.3 is 6.09 Å². The van der Waals surface area contributed by atoms with Crippen molar-refractivity contribution in [1.82, 2.24) is 9.97 Å². The fourth-order valence-corrected chi connectivity index (χ4v) is 3.23. The number of anilines is 1. The van der Waals surface area contributed by atoms with Crippen molar-refractivity contribution in [3.8, 4) is 11.1 Å². The molecule has 1 heterocycles. The molecule has 0 radical (unpaired) electrons. The number of fused-ring (bicyclic) bond motifs is 1. The molecule has 0 aliphatic carbocycles. The van der Waals surface area contributed by atoms with E-state index in [4.69, 9.17) is 4.74 Å². The first kappa shape index (κ1) is 24.8. The Hall–Kier alpha value is -3.87. The van der Waals surface area contributed by atoms with Gasteiger partial charge in [-0.3, -0.25) is 4.90 Å². The molecule has 1 amide bonds. The minimum Gasteiger partial charge on any atom is -0.443 e. The van der Waals surface area contributed by atoms with Gasteiger partial charge in [0.25, 0.3) is 0 Å². The zero-order valence-corrected chi connectivity index (χ0v) is 19.9. The highest BCUT2D eigenvalue weighted by atomic mass is 19.1. The number of halogens is 2. The van der Waals surface area contributed by atoms with Crippen molar-refractivity contribution in [2.45, 2.75) is 33.3 Å². The molecular weight excluding hydrogens is 436 g/mol. The summed E-state index contributed by atoms with van der Waals surface area (Å²) < 4.78 is 33.7. The third-order valence-corrected chi connectivity index (χ3v) is 4.85. The number of allylic oxidation sites excluding steroid dienone is 5. The SMILES string of the molecule is C=C/C(=C\C=C/C)c1nc(N(C)C(=O)OC(C)(C)C)c2ccc(-c3cc(F)ccc3F)cc2n1. The zero-order chi connectivity index (χ0) is 25.0. The summed E-state index contributed by atoms with van der Waals surface area (Å²) >= 11 is 0. The number of ether oxygens (including phenoxy) is 1. The van der Waals surface area contributed by atoms with Crippen LogP contribution in [0.15, 0.2) is 67.3 Å². The maximum atomic E-state index is 14.4. The van der Waals surface area contributed by atoms with E-state index < -0.39 is 23.3 Å². The Kier molecular flexibility index (Phi) is 7.25. The highest BCUT2D eigenvalue weighted by Gasteiger charge is 2.24. The van der Waals surface area contributed by atoms with Crippen molar-refractivity contribution in [2.24, 2.45) is 0 Å². The molecule has 3 aromatic rings. The van der Waals surface area contributed by atoms with E-state index in [2.05, 4.69) is 16.5 Å². The average molecular weight is 464 g/mol. The molecule has 0 atom stereocenters. The fourth-order valence-electron chi connectivity index (χ4n) is 3.23. The van der Waals surface area contributed by atoms with Crippen LogP contribution in [-0.2, 0) is 4.74 Å². The van der Waals surface area contributed by atoms with E-state index in [9.17, 15) is 13.6 Å². The number of hydrogen-bond donors (Lipinski definition) is 0. The van der Waals surface area contributed by atoms with Gasteiger partial charge in [-0.15, -0.1) is 0 Å². The van der Waals surface area contributed by atoms with Gasteiger partial charge in [0.2, 0.25) is 0 Å². The second-order valence-corrected chi connectivity index (χ2v) is 8.62. The lowest BCUT2D eigenvalue weighted by atomic mass is 10.0. The van der Waals surface area contributed by atoms with Crippen molar-refractivity contribution < 1.29 is 18.3 Å². The summed E-state index contributed by atoms with van der Waals surface area (Å²) in [5.41, 5.74) is 0.929. The van der Waals surface area contributed by atoms with Gasteiger partial charge in [-0.25, -0.2) is 23.5 Å². The van der Waals surface area contributed by atoms with E-state index in [0.29, 0.717) is 33.7 Å². The summed E-state index contributed by atoms with van der Waals surface area (Å²) in [5, 5.41) is 0.548. The smallest absolute Gasteiger partial charge is 0.415 e. The summed E-state index contributed by atoms with van der Waals surface area (Å²) in [6, 6.07) is 8.24. The molecule has 0 aliphatic heterocycles. The predicted octanol–water partition coefficient (Wildman–Crippen LogP) is 7.09. The summed E-state index contributed by atoms with van der Waals surface area (Å²) in [6.45, 7) is 11.0. The molecule has 0 saturated carbocycles. The molecule has 2 aromatic carbocycles. The third kappa shape index (κ3) is 5.54. The molecule has 7 heteroatoms. The highest BCUT2D eigenvalue weighted by Crippen LogP contribution is 2.32. The van der Waals surface area contributed by atoms with Crippen LogP contribution in [0.4, 0.5) is 19.4 Å². The highest BCUT2D eigenvalue weighted by molar-refractivity contribution is 6.00. The molecule has 34 heavy (non-hydrogen) atoms. The zero-order valence-electron chi connectivity index (χ0n) is 19.9. The number of nitrogens with zero attached hydrogens (tertiary/aromatic N) is 3. The van der Waals surface area contributed by atoms with E-state index >= 15 is 0 Å². The van der Waals surface area contributed by atoms with Crippen LogP contribution in [0.5, 0.6) is 0 Å². The van der Waals surface area contributed by atoms with E-state index in [-0.39, 0.29) is 5.56 Å². The lowest BCUT2D eigenvalue weighted by molar-refractivity contribution is 0.0588. The van der Waals surface area contributed by atoms with Gasteiger partial charge in [0.15, 0.2) is 5.82 Å². The number of carbonyl (C=O) groups excluding carboxylic acids is 1. The summed E-state index contributed by atoms with van der Waals surface area (Å²) in [6.07, 6.45) is 6.48. The standard InChI is InChI=1S/C27H27F2N3O2/c1-7-9-10-17(8-2)24-30-23-15-18(21-16-19(28)12-14-22(21)29)11-13-20(23)25(31-24)32(6)26(33)34-27(3,4)5/h7-16H,2H2,1,3-6H3/b9-7-,17-10+. The molecule has 0 saturated heterocycles. The molecular formula is C27H27F2N3O2. The van der Waals surface area contributed by atoms with E-state index in [1.54, 1.807) is 58.2 Å². The number of amides is 1. The van der Waals surface area contributed by atoms with Crippen LogP contribution in [0.1, 0.15) is 33.5 Å². The number of carbonyl (C=O) groups is 1. The number of rotatable bonds is 5. The number of aromatic nitrogens is 2. The molecule has 3 rings (SSSR count). The van der Waals surface area contributed by atoms with Gasteiger partial charge in [0.05, 0.1) is 5.52 Å². The average Bonchev–Trinajstić information content (AvgIpc) is 2.78. The molecule has 0 N–H and O–H groups in total. The van der Waals surface area contributed by atoms with Crippen LogP contribution in [0.3, 0.4) is 0 Å². The predicted molar refractivity (Wildman–Crippen MR) is 133 cm³/mol. The van der Waals surface area contributed by atoms with Gasteiger partial charge in [-0.2, -0.15) is 0 Å². The lowest BCUT2D eigenvalue weighted by Crippen LogP contribution is -2.34. The molecule has 0 unspecified atom stereocenters. The van der Waals surface area contributed by atoms with E-state index in [0.717, 1.165) is 18.2 Å². The Morgan fingerprint density at radius 2 is 1.85 bits per heavy atom. The van der Waals surface area contributed by atoms with Gasteiger partial charge < -0.3 is 4.74 Å². The largest absolute Gasteiger partial charge is 0.443 e. The van der Waals surface area contributed by atoms with Crippen LogP contribution < -0.4 is 4.90 Å². The molecule has 176 valence electrons. The van der Waals surface area contributed by atoms with Crippen molar-refractivity contribution >= 4 is 28.4 Å². The maximum Gasteiger partial charge on any atom is 0.415 e. The normalized spacial score (nSPS) is 12.3. The van der Waals surface area contributed by atoms with Crippen molar-refractivity contribution in [3.05, 3.63) is 84.7 Å². The Balaban J connectivity index is 2.25. The minimum absolute atomic E-state index is 0.109. The minimum atomic E-state index is -0.697. The van der Waals surface area contributed by atoms with E-state index in [1.165, 1.54) is 4.90 Å². The van der Waals surface area contributed by atoms with Crippen molar-refractivity contribution in [2.75, 3.05) is 11.9 Å². The monoisotopic (exact) mass is 463 g/mol. The van der Waals surface area contributed by atoms with Crippen LogP contribution in [0, 0.1) is 11.6 Å². The van der Waals surface area contributed by atoms with Crippen LogP contribution in [0.2, 0.25) is 0 Å². The molecule has 0 aliphatic rings. The Labute approximate surface area is 198 Å². The van der Waals surface area contributed by atoms with Gasteiger partial charge in [0.1, 0.15) is 23.1 Å². The second kappa shape index (κ2) is 9.95. The molecule has 0 bridgehead atoms. The van der Waals surface area contributed by atoms with Crippen LogP contribution in [-0.4, -0.2) is 28.7 Å². The molecule has 0 spiro atoms. The van der Waals surface area contributed by atoms with Crippen LogP contribution >= 0.6 is 0 Å². The Morgan fingerprint density at radius 1 is 1.12 bits per heavy atom. The lowest BCUT2D eigenvalue weighted by Gasteiger charge is -2.25. The van der Waals surface area contributed by atoms with Crippen molar-refractivity contribution in [3.63, 3.8) is 0 Å². The van der Waals surface area contributed by atoms with E-state index in [1.807, 2.05) is 19.1 Å². The number of benzene rings is 2. The quantitative estimate of drug-likeness (QED) is 0.379. The van der Waals surface area contributed by atoms with Gasteiger partial charge in [0, 0.05) is 23.6 Å². The van der Waals surface area contributed by atoms with Gasteiger partial charge in [-0.05, 0) is 63.6 Å². The second-order valence-electron chi connectivity index (χ2n) is 8.62. The van der Waals surface area contributed by atoms with Gasteiger partial charge in [-0.1, -0.05) is 36.9 Å². The van der Waals surface area contributed by atoms with Crippen LogP contribution in [0.25, 0.3) is 27.6 Å².